The average Bonchev–Trinajstić information content (AvgIpc) is 2.71. The third-order valence-electron chi connectivity index (χ3n) is 4.67. The van der Waals surface area contributed by atoms with E-state index >= 15 is 0 Å². The molecule has 1 aliphatic carbocycles. The summed E-state index contributed by atoms with van der Waals surface area (Å²) >= 11 is 1.56. The molecule has 0 aromatic heterocycles. The highest BCUT2D eigenvalue weighted by atomic mass is 32.2. The summed E-state index contributed by atoms with van der Waals surface area (Å²) < 4.78 is 0. The molecule has 1 aliphatic heterocycles. The summed E-state index contributed by atoms with van der Waals surface area (Å²) in [7, 11) is 0. The van der Waals surface area contributed by atoms with Gasteiger partial charge in [-0.2, -0.15) is 0 Å². The molecule has 1 aromatic rings. The molecule has 0 radical (unpaired) electrons. The second-order valence-corrected chi connectivity index (χ2v) is 6.71. The Balaban J connectivity index is 2.00. The van der Waals surface area contributed by atoms with Crippen LogP contribution in [0.25, 0.3) is 0 Å². The van der Waals surface area contributed by atoms with Crippen molar-refractivity contribution in [3.8, 4) is 0 Å². The number of rotatable bonds is 2. The summed E-state index contributed by atoms with van der Waals surface area (Å²) in [5, 5.41) is 0. The molecule has 3 nitrogen and oxygen atoms in total. The third kappa shape index (κ3) is 2.22. The van der Waals surface area contributed by atoms with E-state index < -0.39 is 0 Å². The van der Waals surface area contributed by atoms with Gasteiger partial charge in [0.05, 0.1) is 17.5 Å². The van der Waals surface area contributed by atoms with E-state index in [1.807, 2.05) is 30.5 Å². The van der Waals surface area contributed by atoms with Crippen molar-refractivity contribution in [3.63, 3.8) is 0 Å². The molecule has 0 spiro atoms. The zero-order valence-electron chi connectivity index (χ0n) is 12.6. The van der Waals surface area contributed by atoms with Crippen LogP contribution in [0.1, 0.15) is 26.7 Å². The smallest absolute Gasteiger partial charge is 0.238 e. The lowest BCUT2D eigenvalue weighted by Crippen LogP contribution is -2.31. The van der Waals surface area contributed by atoms with Crippen molar-refractivity contribution in [1.82, 2.24) is 0 Å². The number of carbonyl (C=O) groups excluding carboxylic acids is 2. The van der Waals surface area contributed by atoms with Crippen molar-refractivity contribution in [2.75, 3.05) is 11.2 Å². The molecule has 1 heterocycles. The number of hydrogen-bond donors (Lipinski definition) is 0. The van der Waals surface area contributed by atoms with Crippen LogP contribution in [0.2, 0.25) is 0 Å². The number of para-hydroxylation sites is 1. The Morgan fingerprint density at radius 3 is 2.05 bits per heavy atom. The predicted molar refractivity (Wildman–Crippen MR) is 85.3 cm³/mol. The summed E-state index contributed by atoms with van der Waals surface area (Å²) in [4.78, 5) is 27.9. The van der Waals surface area contributed by atoms with Gasteiger partial charge in [0, 0.05) is 4.90 Å². The molecule has 0 saturated carbocycles. The summed E-state index contributed by atoms with van der Waals surface area (Å²) in [5.74, 6) is -0.399. The standard InChI is InChI=1S/C17H19NO2S/c1-10-8-12-13(9-11(10)2)17(20)18(16(12)19)14-6-4-5-7-15(14)21-3/h4-7,12-13H,8-9H2,1-3H3. The lowest BCUT2D eigenvalue weighted by atomic mass is 9.78. The lowest BCUT2D eigenvalue weighted by molar-refractivity contribution is -0.122. The lowest BCUT2D eigenvalue weighted by Gasteiger charge is -2.23. The minimum Gasteiger partial charge on any atom is -0.274 e. The molecule has 0 N–H and O–H groups in total. The van der Waals surface area contributed by atoms with E-state index in [2.05, 4.69) is 13.8 Å². The fraction of sp³-hybridized carbons (Fsp3) is 0.412. The van der Waals surface area contributed by atoms with Gasteiger partial charge in [-0.15, -0.1) is 11.8 Å². The number of hydrogen-bond acceptors (Lipinski definition) is 3. The van der Waals surface area contributed by atoms with Crippen LogP contribution in [0, 0.1) is 11.8 Å². The van der Waals surface area contributed by atoms with Crippen LogP contribution in [0.3, 0.4) is 0 Å². The molecule has 1 fully saturated rings. The van der Waals surface area contributed by atoms with Gasteiger partial charge in [0.15, 0.2) is 0 Å². The topological polar surface area (TPSA) is 37.4 Å². The maximum atomic E-state index is 12.7. The van der Waals surface area contributed by atoms with Crippen molar-refractivity contribution < 1.29 is 9.59 Å². The highest BCUT2D eigenvalue weighted by Gasteiger charge is 2.49. The molecular weight excluding hydrogens is 282 g/mol. The van der Waals surface area contributed by atoms with Crippen LogP contribution in [0.4, 0.5) is 5.69 Å². The van der Waals surface area contributed by atoms with Gasteiger partial charge in [0.1, 0.15) is 0 Å². The van der Waals surface area contributed by atoms with Gasteiger partial charge >= 0.3 is 0 Å². The van der Waals surface area contributed by atoms with Crippen LogP contribution >= 0.6 is 11.8 Å². The first kappa shape index (κ1) is 14.4. The van der Waals surface area contributed by atoms with E-state index in [0.717, 1.165) is 23.4 Å². The minimum absolute atomic E-state index is 0.0293. The molecule has 4 heteroatoms. The van der Waals surface area contributed by atoms with E-state index in [1.54, 1.807) is 11.8 Å². The molecule has 2 unspecified atom stereocenters. The number of imide groups is 1. The average molecular weight is 301 g/mol. The Labute approximate surface area is 129 Å². The highest BCUT2D eigenvalue weighted by molar-refractivity contribution is 7.98. The Hall–Kier alpha value is -1.55. The van der Waals surface area contributed by atoms with Crippen LogP contribution in [-0.2, 0) is 9.59 Å². The molecule has 21 heavy (non-hydrogen) atoms. The zero-order chi connectivity index (χ0) is 15.1. The third-order valence-corrected chi connectivity index (χ3v) is 5.45. The quantitative estimate of drug-likeness (QED) is 0.475. The van der Waals surface area contributed by atoms with Gasteiger partial charge < -0.3 is 0 Å². The first-order valence-corrected chi connectivity index (χ1v) is 8.43. The van der Waals surface area contributed by atoms with Gasteiger partial charge in [-0.05, 0) is 45.1 Å². The van der Waals surface area contributed by atoms with Crippen molar-refractivity contribution in [3.05, 3.63) is 35.4 Å². The Kier molecular flexibility index (Phi) is 3.66. The molecule has 2 aliphatic rings. The Bertz CT molecular complexity index is 618. The number of thioether (sulfide) groups is 1. The Morgan fingerprint density at radius 2 is 1.52 bits per heavy atom. The van der Waals surface area contributed by atoms with Gasteiger partial charge in [0.2, 0.25) is 11.8 Å². The number of benzene rings is 1. The van der Waals surface area contributed by atoms with Crippen LogP contribution < -0.4 is 4.90 Å². The minimum atomic E-state index is -0.170. The van der Waals surface area contributed by atoms with E-state index in [4.69, 9.17) is 0 Å². The molecule has 0 bridgehead atoms. The predicted octanol–water partition coefficient (Wildman–Crippen LogP) is 3.64. The maximum Gasteiger partial charge on any atom is 0.238 e. The van der Waals surface area contributed by atoms with Gasteiger partial charge in [-0.3, -0.25) is 9.59 Å². The number of amides is 2. The first-order chi connectivity index (χ1) is 10.0. The maximum absolute atomic E-state index is 12.7. The van der Waals surface area contributed by atoms with E-state index in [9.17, 15) is 9.59 Å². The second-order valence-electron chi connectivity index (χ2n) is 5.87. The summed E-state index contributed by atoms with van der Waals surface area (Å²) in [5.41, 5.74) is 3.26. The number of anilines is 1. The van der Waals surface area contributed by atoms with Gasteiger partial charge in [-0.25, -0.2) is 4.90 Å². The fourth-order valence-electron chi connectivity index (χ4n) is 3.30. The summed E-state index contributed by atoms with van der Waals surface area (Å²) in [6.07, 6.45) is 3.41. The molecule has 2 atom stereocenters. The molecule has 110 valence electrons. The number of nitrogens with zero attached hydrogens (tertiary/aromatic N) is 1. The largest absolute Gasteiger partial charge is 0.274 e. The Morgan fingerprint density at radius 1 is 1.00 bits per heavy atom. The van der Waals surface area contributed by atoms with Gasteiger partial charge in [-0.1, -0.05) is 23.3 Å². The van der Waals surface area contributed by atoms with Crippen LogP contribution in [-0.4, -0.2) is 18.1 Å². The number of carbonyl (C=O) groups is 2. The van der Waals surface area contributed by atoms with Crippen molar-refractivity contribution in [2.24, 2.45) is 11.8 Å². The SMILES string of the molecule is CSc1ccccc1N1C(=O)C2CC(C)=C(C)CC2C1=O. The van der Waals surface area contributed by atoms with Crippen LogP contribution in [0.5, 0.6) is 0 Å². The normalized spacial score (nSPS) is 25.6. The molecule has 1 aromatic carbocycles. The molecule has 2 amide bonds. The van der Waals surface area contributed by atoms with Gasteiger partial charge in [0.25, 0.3) is 0 Å². The van der Waals surface area contributed by atoms with E-state index in [0.29, 0.717) is 0 Å². The molecule has 1 saturated heterocycles. The van der Waals surface area contributed by atoms with Crippen molar-refractivity contribution in [2.45, 2.75) is 31.6 Å². The first-order valence-electron chi connectivity index (χ1n) is 7.20. The highest BCUT2D eigenvalue weighted by Crippen LogP contribution is 2.43. The van der Waals surface area contributed by atoms with Crippen LogP contribution in [0.15, 0.2) is 40.3 Å². The molecule has 3 rings (SSSR count). The fourth-order valence-corrected chi connectivity index (χ4v) is 3.89. The monoisotopic (exact) mass is 301 g/mol. The number of allylic oxidation sites excluding steroid dienone is 2. The summed E-state index contributed by atoms with van der Waals surface area (Å²) in [6, 6.07) is 7.64. The number of fused-ring (bicyclic) bond motifs is 1. The van der Waals surface area contributed by atoms with Crippen molar-refractivity contribution in [1.29, 1.82) is 0 Å². The zero-order valence-corrected chi connectivity index (χ0v) is 13.4. The van der Waals surface area contributed by atoms with Crippen molar-refractivity contribution >= 4 is 29.3 Å². The van der Waals surface area contributed by atoms with E-state index in [1.165, 1.54) is 16.0 Å². The summed E-state index contributed by atoms with van der Waals surface area (Å²) in [6.45, 7) is 4.14. The molecular formula is C17H19NO2S. The van der Waals surface area contributed by atoms with E-state index in [-0.39, 0.29) is 23.7 Å². The second kappa shape index (κ2) is 5.34.